The molecule has 0 aliphatic rings. The lowest BCUT2D eigenvalue weighted by Crippen LogP contribution is -2.21. The predicted molar refractivity (Wildman–Crippen MR) is 112 cm³/mol. The number of aryl methyl sites for hydroxylation is 1. The average molecular weight is 433 g/mol. The van der Waals surface area contributed by atoms with Gasteiger partial charge in [0.25, 0.3) is 5.91 Å². The van der Waals surface area contributed by atoms with Crippen molar-refractivity contribution < 1.29 is 14.0 Å². The number of allylic oxidation sites excluding steroid dienone is 1. The minimum atomic E-state index is -0.250. The molecule has 152 valence electrons. The van der Waals surface area contributed by atoms with Crippen molar-refractivity contribution in [1.82, 2.24) is 24.6 Å². The zero-order valence-corrected chi connectivity index (χ0v) is 17.8. The van der Waals surface area contributed by atoms with Gasteiger partial charge in [-0.25, -0.2) is 4.98 Å². The maximum Gasteiger partial charge on any atom is 0.265 e. The SMILES string of the molecule is C=CCn1c(SCC(=O)Nc2nc(C)c(C(=O)N(C)C)s2)nnc1-c1ccco1. The first kappa shape index (κ1) is 20.8. The van der Waals surface area contributed by atoms with Crippen molar-refractivity contribution in [3.8, 4) is 11.6 Å². The molecule has 0 atom stereocenters. The van der Waals surface area contributed by atoms with Crippen molar-refractivity contribution in [2.24, 2.45) is 0 Å². The molecule has 0 unspecified atom stereocenters. The maximum absolute atomic E-state index is 12.4. The molecule has 3 rings (SSSR count). The average Bonchev–Trinajstić information content (AvgIpc) is 3.40. The zero-order valence-electron chi connectivity index (χ0n) is 16.2. The van der Waals surface area contributed by atoms with Gasteiger partial charge in [0.2, 0.25) is 11.7 Å². The molecule has 0 saturated heterocycles. The number of hydrogen-bond donors (Lipinski definition) is 1. The van der Waals surface area contributed by atoms with Gasteiger partial charge in [0.1, 0.15) is 4.88 Å². The first-order valence-electron chi connectivity index (χ1n) is 8.60. The summed E-state index contributed by atoms with van der Waals surface area (Å²) >= 11 is 2.40. The number of furan rings is 1. The van der Waals surface area contributed by atoms with E-state index in [0.29, 0.717) is 39.0 Å². The Morgan fingerprint density at radius 3 is 2.86 bits per heavy atom. The van der Waals surface area contributed by atoms with Crippen LogP contribution < -0.4 is 5.32 Å². The van der Waals surface area contributed by atoms with E-state index in [-0.39, 0.29) is 17.6 Å². The van der Waals surface area contributed by atoms with Gasteiger partial charge in [-0.2, -0.15) is 0 Å². The molecule has 3 aromatic rings. The lowest BCUT2D eigenvalue weighted by Gasteiger charge is -2.07. The summed E-state index contributed by atoms with van der Waals surface area (Å²) in [5, 5.41) is 12.0. The molecular formula is C18H20N6O3S2. The molecule has 0 saturated carbocycles. The molecule has 3 aromatic heterocycles. The second-order valence-electron chi connectivity index (χ2n) is 6.15. The number of carbonyl (C=O) groups excluding carboxylic acids is 2. The molecule has 0 aromatic carbocycles. The topological polar surface area (TPSA) is 106 Å². The summed E-state index contributed by atoms with van der Waals surface area (Å²) in [7, 11) is 3.35. The molecule has 0 aliphatic carbocycles. The Morgan fingerprint density at radius 2 is 2.21 bits per heavy atom. The van der Waals surface area contributed by atoms with E-state index in [1.54, 1.807) is 45.5 Å². The van der Waals surface area contributed by atoms with Gasteiger partial charge in [0.05, 0.1) is 17.7 Å². The lowest BCUT2D eigenvalue weighted by molar-refractivity contribution is -0.113. The van der Waals surface area contributed by atoms with Gasteiger partial charge in [-0.05, 0) is 19.1 Å². The van der Waals surface area contributed by atoms with Crippen LogP contribution in [0.1, 0.15) is 15.4 Å². The summed E-state index contributed by atoms with van der Waals surface area (Å²) in [6.07, 6.45) is 3.29. The van der Waals surface area contributed by atoms with Crippen LogP contribution in [-0.4, -0.2) is 56.3 Å². The monoisotopic (exact) mass is 432 g/mol. The smallest absolute Gasteiger partial charge is 0.265 e. The van der Waals surface area contributed by atoms with E-state index in [2.05, 4.69) is 27.1 Å². The number of thioether (sulfide) groups is 1. The Labute approximate surface area is 175 Å². The number of nitrogens with one attached hydrogen (secondary N) is 1. The number of hydrogen-bond acceptors (Lipinski definition) is 8. The molecule has 2 amide bonds. The first-order valence-corrected chi connectivity index (χ1v) is 10.4. The molecular weight excluding hydrogens is 412 g/mol. The van der Waals surface area contributed by atoms with Gasteiger partial charge in [0, 0.05) is 20.6 Å². The summed E-state index contributed by atoms with van der Waals surface area (Å²) in [5.74, 6) is 0.883. The van der Waals surface area contributed by atoms with E-state index in [1.807, 2.05) is 4.57 Å². The summed E-state index contributed by atoms with van der Waals surface area (Å²) in [6, 6.07) is 3.57. The van der Waals surface area contributed by atoms with Gasteiger partial charge in [-0.15, -0.1) is 16.8 Å². The van der Waals surface area contributed by atoms with Crippen molar-refractivity contribution in [1.29, 1.82) is 0 Å². The summed E-state index contributed by atoms with van der Waals surface area (Å²) in [5.41, 5.74) is 0.588. The number of aromatic nitrogens is 4. The lowest BCUT2D eigenvalue weighted by atomic mass is 10.3. The molecule has 29 heavy (non-hydrogen) atoms. The fourth-order valence-corrected chi connectivity index (χ4v) is 4.17. The van der Waals surface area contributed by atoms with Gasteiger partial charge in [-0.3, -0.25) is 14.2 Å². The number of thiazole rings is 1. The van der Waals surface area contributed by atoms with Crippen molar-refractivity contribution in [2.75, 3.05) is 25.2 Å². The van der Waals surface area contributed by atoms with Crippen LogP contribution in [0.2, 0.25) is 0 Å². The highest BCUT2D eigenvalue weighted by molar-refractivity contribution is 7.99. The standard InChI is InChI=1S/C18H20N6O3S2/c1-5-8-24-15(12-7-6-9-27-12)21-22-18(24)28-10-13(25)20-17-19-11(2)14(29-17)16(26)23(3)4/h5-7,9H,1,8,10H2,2-4H3,(H,19,20,25). The molecule has 0 fully saturated rings. The van der Waals surface area contributed by atoms with E-state index in [4.69, 9.17) is 4.42 Å². The predicted octanol–water partition coefficient (Wildman–Crippen LogP) is 2.92. The van der Waals surface area contributed by atoms with E-state index in [0.717, 1.165) is 11.3 Å². The molecule has 9 nitrogen and oxygen atoms in total. The molecule has 11 heteroatoms. The molecule has 0 radical (unpaired) electrons. The van der Waals surface area contributed by atoms with Gasteiger partial charge in [-0.1, -0.05) is 29.2 Å². The van der Waals surface area contributed by atoms with Crippen LogP contribution in [0.3, 0.4) is 0 Å². The van der Waals surface area contributed by atoms with Crippen LogP contribution in [-0.2, 0) is 11.3 Å². The Bertz CT molecular complexity index is 1020. The third kappa shape index (κ3) is 4.74. The van der Waals surface area contributed by atoms with E-state index >= 15 is 0 Å². The van der Waals surface area contributed by atoms with Crippen LogP contribution in [0.25, 0.3) is 11.6 Å². The third-order valence-electron chi connectivity index (χ3n) is 3.75. The Hall–Kier alpha value is -2.92. The van der Waals surface area contributed by atoms with Crippen LogP contribution >= 0.6 is 23.1 Å². The summed E-state index contributed by atoms with van der Waals surface area (Å²) in [4.78, 5) is 30.7. The maximum atomic E-state index is 12.4. The minimum Gasteiger partial charge on any atom is -0.461 e. The summed E-state index contributed by atoms with van der Waals surface area (Å²) < 4.78 is 7.21. The molecule has 0 bridgehead atoms. The molecule has 0 spiro atoms. The number of rotatable bonds is 8. The van der Waals surface area contributed by atoms with Crippen LogP contribution in [0.15, 0.2) is 40.6 Å². The first-order chi connectivity index (χ1) is 13.9. The van der Waals surface area contributed by atoms with Gasteiger partial charge in [0.15, 0.2) is 16.0 Å². The second kappa shape index (κ2) is 9.05. The van der Waals surface area contributed by atoms with E-state index in [1.165, 1.54) is 16.7 Å². The van der Waals surface area contributed by atoms with E-state index < -0.39 is 0 Å². The van der Waals surface area contributed by atoms with Crippen molar-refractivity contribution in [3.63, 3.8) is 0 Å². The largest absolute Gasteiger partial charge is 0.461 e. The van der Waals surface area contributed by atoms with Crippen LogP contribution in [0.5, 0.6) is 0 Å². The number of nitrogens with zero attached hydrogens (tertiary/aromatic N) is 5. The number of amides is 2. The fourth-order valence-electron chi connectivity index (χ4n) is 2.41. The Kier molecular flexibility index (Phi) is 6.49. The van der Waals surface area contributed by atoms with Crippen molar-refractivity contribution in [3.05, 3.63) is 41.6 Å². The number of carbonyl (C=O) groups is 2. The van der Waals surface area contributed by atoms with E-state index in [9.17, 15) is 9.59 Å². The highest BCUT2D eigenvalue weighted by Crippen LogP contribution is 2.26. The normalized spacial score (nSPS) is 10.7. The fraction of sp³-hybridized carbons (Fsp3) is 0.278. The van der Waals surface area contributed by atoms with Crippen molar-refractivity contribution in [2.45, 2.75) is 18.6 Å². The van der Waals surface area contributed by atoms with Crippen molar-refractivity contribution >= 4 is 40.0 Å². The van der Waals surface area contributed by atoms with Crippen LogP contribution in [0.4, 0.5) is 5.13 Å². The summed E-state index contributed by atoms with van der Waals surface area (Å²) in [6.45, 7) is 5.98. The Balaban J connectivity index is 1.66. The highest BCUT2D eigenvalue weighted by Gasteiger charge is 2.19. The quantitative estimate of drug-likeness (QED) is 0.431. The second-order valence-corrected chi connectivity index (χ2v) is 8.09. The minimum absolute atomic E-state index is 0.114. The number of anilines is 1. The third-order valence-corrected chi connectivity index (χ3v) is 5.77. The van der Waals surface area contributed by atoms with Crippen LogP contribution in [0, 0.1) is 6.92 Å². The molecule has 0 aliphatic heterocycles. The van der Waals surface area contributed by atoms with Gasteiger partial charge < -0.3 is 14.6 Å². The Morgan fingerprint density at radius 1 is 1.41 bits per heavy atom. The molecule has 3 heterocycles. The zero-order chi connectivity index (χ0) is 21.0. The molecule has 1 N–H and O–H groups in total. The highest BCUT2D eigenvalue weighted by atomic mass is 32.2. The van der Waals surface area contributed by atoms with Gasteiger partial charge >= 0.3 is 0 Å².